The number of nitrogens with zero attached hydrogens (tertiary/aromatic N) is 4. The number of aliphatic hydroxyl groups is 1. The SMILES string of the molecule is O=C1OCCCN1c1cnc(N2CCCC3(CCN(C4CCC(O)CC4)C3=O)C2)c(Cl)c1. The number of cyclic esters (lactones) is 1. The number of aliphatic hydroxyl groups excluding tert-OH is 1. The molecular weight excluding hydrogens is 432 g/mol. The van der Waals surface area contributed by atoms with Crippen LogP contribution in [0.5, 0.6) is 0 Å². The van der Waals surface area contributed by atoms with Crippen LogP contribution in [-0.2, 0) is 9.53 Å². The topological polar surface area (TPSA) is 86.2 Å². The summed E-state index contributed by atoms with van der Waals surface area (Å²) in [6.07, 6.45) is 7.87. The number of anilines is 2. The van der Waals surface area contributed by atoms with Crippen molar-refractivity contribution in [2.75, 3.05) is 42.6 Å². The number of halogens is 1. The zero-order chi connectivity index (χ0) is 22.3. The predicted molar refractivity (Wildman–Crippen MR) is 121 cm³/mol. The van der Waals surface area contributed by atoms with Gasteiger partial charge in [-0.2, -0.15) is 0 Å². The van der Waals surface area contributed by atoms with E-state index in [2.05, 4.69) is 14.8 Å². The lowest BCUT2D eigenvalue weighted by Crippen LogP contribution is -2.50. The Morgan fingerprint density at radius 2 is 1.91 bits per heavy atom. The minimum absolute atomic E-state index is 0.217. The number of pyridine rings is 1. The Kier molecular flexibility index (Phi) is 5.92. The van der Waals surface area contributed by atoms with Crippen LogP contribution in [-0.4, -0.2) is 71.9 Å². The number of ether oxygens (including phenoxy) is 1. The second-order valence-corrected chi connectivity index (χ2v) is 10.0. The third-order valence-corrected chi connectivity index (χ3v) is 7.90. The molecular formula is C23H31ClN4O4. The van der Waals surface area contributed by atoms with Gasteiger partial charge in [-0.15, -0.1) is 0 Å². The van der Waals surface area contributed by atoms with Crippen LogP contribution in [0.2, 0.25) is 5.02 Å². The van der Waals surface area contributed by atoms with Gasteiger partial charge in [0.1, 0.15) is 5.82 Å². The molecule has 0 bridgehead atoms. The first-order chi connectivity index (χ1) is 15.5. The van der Waals surface area contributed by atoms with Crippen LogP contribution < -0.4 is 9.80 Å². The van der Waals surface area contributed by atoms with Crippen LogP contribution in [0.3, 0.4) is 0 Å². The van der Waals surface area contributed by atoms with Crippen LogP contribution >= 0.6 is 11.6 Å². The quantitative estimate of drug-likeness (QED) is 0.742. The molecule has 1 unspecified atom stereocenters. The number of hydrogen-bond acceptors (Lipinski definition) is 6. The van der Waals surface area contributed by atoms with Gasteiger partial charge in [0.05, 0.1) is 35.0 Å². The summed E-state index contributed by atoms with van der Waals surface area (Å²) in [6.45, 7) is 3.26. The Hall–Kier alpha value is -2.06. The molecule has 1 saturated carbocycles. The van der Waals surface area contributed by atoms with Crippen LogP contribution in [0.25, 0.3) is 0 Å². The van der Waals surface area contributed by atoms with Crippen molar-refractivity contribution in [2.24, 2.45) is 5.41 Å². The largest absolute Gasteiger partial charge is 0.449 e. The Morgan fingerprint density at radius 1 is 1.09 bits per heavy atom. The van der Waals surface area contributed by atoms with E-state index in [4.69, 9.17) is 16.3 Å². The molecule has 1 aliphatic carbocycles. The van der Waals surface area contributed by atoms with Gasteiger partial charge in [0, 0.05) is 32.2 Å². The van der Waals surface area contributed by atoms with Crippen LogP contribution in [0.15, 0.2) is 12.3 Å². The van der Waals surface area contributed by atoms with E-state index in [1.165, 1.54) is 0 Å². The molecule has 1 spiro atoms. The Labute approximate surface area is 193 Å². The van der Waals surface area contributed by atoms with Gasteiger partial charge < -0.3 is 19.6 Å². The molecule has 2 amide bonds. The average molecular weight is 463 g/mol. The molecule has 9 heteroatoms. The molecule has 0 radical (unpaired) electrons. The van der Waals surface area contributed by atoms with Gasteiger partial charge in [-0.1, -0.05) is 11.6 Å². The summed E-state index contributed by atoms with van der Waals surface area (Å²) in [6, 6.07) is 2.03. The summed E-state index contributed by atoms with van der Waals surface area (Å²) in [7, 11) is 0. The first-order valence-corrected chi connectivity index (χ1v) is 12.2. The van der Waals surface area contributed by atoms with E-state index in [9.17, 15) is 14.7 Å². The molecule has 1 aromatic rings. The molecule has 5 rings (SSSR count). The van der Waals surface area contributed by atoms with Crippen molar-refractivity contribution in [2.45, 2.75) is 63.5 Å². The lowest BCUT2D eigenvalue weighted by Gasteiger charge is -2.41. The monoisotopic (exact) mass is 462 g/mol. The van der Waals surface area contributed by atoms with Gasteiger partial charge in [0.25, 0.3) is 0 Å². The first-order valence-electron chi connectivity index (χ1n) is 11.8. The van der Waals surface area contributed by atoms with Crippen molar-refractivity contribution < 1.29 is 19.4 Å². The second kappa shape index (κ2) is 8.71. The minimum atomic E-state index is -0.380. The van der Waals surface area contributed by atoms with E-state index in [1.807, 2.05) is 0 Å². The third kappa shape index (κ3) is 3.92. The number of likely N-dealkylation sites (tertiary alicyclic amines) is 1. The van der Waals surface area contributed by atoms with Crippen LogP contribution in [0.4, 0.5) is 16.3 Å². The van der Waals surface area contributed by atoms with Gasteiger partial charge in [0.15, 0.2) is 0 Å². The van der Waals surface area contributed by atoms with Crippen molar-refractivity contribution in [3.63, 3.8) is 0 Å². The molecule has 4 heterocycles. The second-order valence-electron chi connectivity index (χ2n) is 9.63. The number of hydrogen-bond donors (Lipinski definition) is 1. The van der Waals surface area contributed by atoms with Gasteiger partial charge >= 0.3 is 6.09 Å². The van der Waals surface area contributed by atoms with Crippen molar-refractivity contribution in [1.29, 1.82) is 0 Å². The standard InChI is InChI=1S/C23H31ClN4O4/c24-19-13-17(28-10-2-12-32-22(28)31)14-25-20(19)26-9-1-7-23(15-26)8-11-27(21(23)30)16-3-5-18(29)6-4-16/h13-14,16,18,29H,1-12,15H2. The molecule has 174 valence electrons. The number of carbonyl (C=O) groups is 2. The molecule has 3 aliphatic heterocycles. The predicted octanol–water partition coefficient (Wildman–Crippen LogP) is 3.20. The summed E-state index contributed by atoms with van der Waals surface area (Å²) in [5, 5.41) is 10.3. The first kappa shape index (κ1) is 21.8. The molecule has 1 aromatic heterocycles. The van der Waals surface area contributed by atoms with E-state index in [0.717, 1.165) is 64.5 Å². The summed E-state index contributed by atoms with van der Waals surface area (Å²) < 4.78 is 5.12. The van der Waals surface area contributed by atoms with E-state index in [1.54, 1.807) is 17.2 Å². The molecule has 0 aromatic carbocycles. The lowest BCUT2D eigenvalue weighted by atomic mass is 9.78. The van der Waals surface area contributed by atoms with Crippen molar-refractivity contribution >= 4 is 35.1 Å². The van der Waals surface area contributed by atoms with E-state index in [0.29, 0.717) is 36.2 Å². The molecule has 4 aliphatic rings. The molecule has 1 N–H and O–H groups in total. The maximum Gasteiger partial charge on any atom is 0.414 e. The summed E-state index contributed by atoms with van der Waals surface area (Å²) >= 11 is 6.62. The number of carbonyl (C=O) groups excluding carboxylic acids is 2. The molecule has 4 fully saturated rings. The summed E-state index contributed by atoms with van der Waals surface area (Å²) in [4.78, 5) is 36.0. The fourth-order valence-corrected chi connectivity index (χ4v) is 6.12. The minimum Gasteiger partial charge on any atom is -0.449 e. The van der Waals surface area contributed by atoms with Gasteiger partial charge in [-0.3, -0.25) is 9.69 Å². The summed E-state index contributed by atoms with van der Waals surface area (Å²) in [5.74, 6) is 0.930. The van der Waals surface area contributed by atoms with Gasteiger partial charge in [0.2, 0.25) is 5.91 Å². The fourth-order valence-electron chi connectivity index (χ4n) is 5.84. The molecule has 8 nitrogen and oxygen atoms in total. The average Bonchev–Trinajstić information content (AvgIpc) is 3.10. The van der Waals surface area contributed by atoms with E-state index >= 15 is 0 Å². The molecule has 1 atom stereocenters. The maximum absolute atomic E-state index is 13.5. The lowest BCUT2D eigenvalue weighted by molar-refractivity contribution is -0.139. The van der Waals surface area contributed by atoms with Gasteiger partial charge in [-0.25, -0.2) is 9.78 Å². The van der Waals surface area contributed by atoms with Crippen LogP contribution in [0.1, 0.15) is 51.4 Å². The highest BCUT2D eigenvalue weighted by Gasteiger charge is 2.51. The van der Waals surface area contributed by atoms with Crippen molar-refractivity contribution in [1.82, 2.24) is 9.88 Å². The van der Waals surface area contributed by atoms with Gasteiger partial charge in [-0.05, 0) is 57.4 Å². The van der Waals surface area contributed by atoms with E-state index in [-0.39, 0.29) is 29.6 Å². The molecule has 3 saturated heterocycles. The molecule has 32 heavy (non-hydrogen) atoms. The highest BCUT2D eigenvalue weighted by Crippen LogP contribution is 2.44. The van der Waals surface area contributed by atoms with Crippen LogP contribution in [0, 0.1) is 5.41 Å². The van der Waals surface area contributed by atoms with E-state index < -0.39 is 0 Å². The Balaban J connectivity index is 1.31. The number of piperidine rings is 1. The zero-order valence-electron chi connectivity index (χ0n) is 18.3. The Morgan fingerprint density at radius 3 is 2.66 bits per heavy atom. The highest BCUT2D eigenvalue weighted by atomic mass is 35.5. The Bertz CT molecular complexity index is 891. The highest BCUT2D eigenvalue weighted by molar-refractivity contribution is 6.33. The zero-order valence-corrected chi connectivity index (χ0v) is 19.1. The number of aromatic nitrogens is 1. The van der Waals surface area contributed by atoms with Crippen molar-refractivity contribution in [3.05, 3.63) is 17.3 Å². The normalized spacial score (nSPS) is 31.4. The smallest absolute Gasteiger partial charge is 0.414 e. The maximum atomic E-state index is 13.5. The summed E-state index contributed by atoms with van der Waals surface area (Å²) in [5.41, 5.74) is 0.257. The third-order valence-electron chi connectivity index (χ3n) is 7.62. The number of amides is 2. The van der Waals surface area contributed by atoms with Crippen molar-refractivity contribution in [3.8, 4) is 0 Å². The number of rotatable bonds is 3. The fraction of sp³-hybridized carbons (Fsp3) is 0.696.